The quantitative estimate of drug-likeness (QED) is 0.121. The number of hydrogen-bond acceptors (Lipinski definition) is 5. The topological polar surface area (TPSA) is 97.8 Å². The highest BCUT2D eigenvalue weighted by atomic mass is 16.5. The molecule has 0 saturated heterocycles. The van der Waals surface area contributed by atoms with Crippen molar-refractivity contribution in [2.75, 3.05) is 18.5 Å². The van der Waals surface area contributed by atoms with Gasteiger partial charge in [-0.15, -0.1) is 0 Å². The summed E-state index contributed by atoms with van der Waals surface area (Å²) in [6.45, 7) is 8.90. The Hall–Kier alpha value is -4.23. The number of hydrogen-bond donors (Lipinski definition) is 2. The predicted octanol–water partition coefficient (Wildman–Crippen LogP) is 7.58. The molecule has 1 amide bonds. The average molecular weight is 571 g/mol. The van der Waals surface area contributed by atoms with Gasteiger partial charge in [-0.2, -0.15) is 0 Å². The molecule has 0 bridgehead atoms. The zero-order valence-corrected chi connectivity index (χ0v) is 24.7. The second-order valence-corrected chi connectivity index (χ2v) is 10.3. The third kappa shape index (κ3) is 10.3. The first-order chi connectivity index (χ1) is 20.4. The van der Waals surface area contributed by atoms with E-state index in [4.69, 9.17) is 9.47 Å². The Morgan fingerprint density at radius 1 is 1.00 bits per heavy atom. The van der Waals surface area contributed by atoms with Crippen molar-refractivity contribution in [1.82, 2.24) is 4.98 Å². The van der Waals surface area contributed by atoms with Crippen LogP contribution in [0.25, 0.3) is 12.2 Å². The van der Waals surface area contributed by atoms with Gasteiger partial charge in [0.15, 0.2) is 0 Å². The summed E-state index contributed by atoms with van der Waals surface area (Å²) in [6.07, 6.45) is 9.32. The number of aryl methyl sites for hydroxylation is 1. The van der Waals surface area contributed by atoms with Gasteiger partial charge in [-0.25, -0.2) is 0 Å². The van der Waals surface area contributed by atoms with Gasteiger partial charge in [0.25, 0.3) is 0 Å². The SMILES string of the molecule is C=CCOc1ccc(CCCCOCc2cccc(/C=C/c3cccc(NC(=O)CC(CC)(CC)C(=O)O)c3)n2)cc1. The zero-order chi connectivity index (χ0) is 30.2. The van der Waals surface area contributed by atoms with E-state index < -0.39 is 11.4 Å². The minimum atomic E-state index is -1.05. The minimum Gasteiger partial charge on any atom is -0.490 e. The summed E-state index contributed by atoms with van der Waals surface area (Å²) < 4.78 is 11.4. The maximum Gasteiger partial charge on any atom is 0.310 e. The summed E-state index contributed by atoms with van der Waals surface area (Å²) in [4.78, 5) is 29.0. The normalized spacial score (nSPS) is 11.4. The Balaban J connectivity index is 1.44. The van der Waals surface area contributed by atoms with Gasteiger partial charge in [-0.05, 0) is 85.7 Å². The smallest absolute Gasteiger partial charge is 0.310 e. The number of aromatic nitrogens is 1. The summed E-state index contributed by atoms with van der Waals surface area (Å²) in [6, 6.07) is 21.5. The van der Waals surface area contributed by atoms with Crippen molar-refractivity contribution in [3.05, 3.63) is 102 Å². The first kappa shape index (κ1) is 32.3. The Labute approximate surface area is 249 Å². The molecule has 7 nitrogen and oxygen atoms in total. The summed E-state index contributed by atoms with van der Waals surface area (Å²) in [5, 5.41) is 12.5. The lowest BCUT2D eigenvalue weighted by Crippen LogP contribution is -2.34. The predicted molar refractivity (Wildman–Crippen MR) is 168 cm³/mol. The van der Waals surface area contributed by atoms with Crippen LogP contribution in [0.15, 0.2) is 79.4 Å². The van der Waals surface area contributed by atoms with E-state index in [1.807, 2.05) is 60.7 Å². The lowest BCUT2D eigenvalue weighted by atomic mass is 9.79. The molecule has 0 aliphatic heterocycles. The number of rotatable bonds is 18. The molecule has 222 valence electrons. The van der Waals surface area contributed by atoms with Crippen LogP contribution in [0.4, 0.5) is 5.69 Å². The first-order valence-electron chi connectivity index (χ1n) is 14.5. The number of carboxylic acids is 1. The van der Waals surface area contributed by atoms with Gasteiger partial charge in [0, 0.05) is 18.7 Å². The molecular formula is C35H42N2O5. The molecule has 2 aromatic carbocycles. The van der Waals surface area contributed by atoms with E-state index in [-0.39, 0.29) is 12.3 Å². The molecule has 0 aliphatic rings. The second kappa shape index (κ2) is 16.9. The number of benzene rings is 2. The van der Waals surface area contributed by atoms with Crippen LogP contribution in [0, 0.1) is 5.41 Å². The van der Waals surface area contributed by atoms with Crippen molar-refractivity contribution in [2.24, 2.45) is 5.41 Å². The standard InChI is InChI=1S/C35H42N2O5/c1-4-22-42-32-20-17-27(18-21-32)11-7-8-23-41-26-31-15-10-13-29(36-31)19-16-28-12-9-14-30(24-28)37-33(38)25-35(5-2,6-3)34(39)40/h4,9-10,12-21,24H,1,5-8,11,22-23,25-26H2,2-3H3,(H,37,38)(H,39,40)/b19-16+. The lowest BCUT2D eigenvalue weighted by molar-refractivity contribution is -0.151. The minimum absolute atomic E-state index is 0.0610. The summed E-state index contributed by atoms with van der Waals surface area (Å²) >= 11 is 0. The molecule has 7 heteroatoms. The highest BCUT2D eigenvalue weighted by Gasteiger charge is 2.37. The number of carbonyl (C=O) groups excluding carboxylic acids is 1. The number of carboxylic acid groups (broad SMARTS) is 1. The van der Waals surface area contributed by atoms with Crippen LogP contribution < -0.4 is 10.1 Å². The fourth-order valence-electron chi connectivity index (χ4n) is 4.58. The van der Waals surface area contributed by atoms with Crippen LogP contribution in [0.5, 0.6) is 5.75 Å². The fourth-order valence-corrected chi connectivity index (χ4v) is 4.58. The molecule has 0 aliphatic carbocycles. The van der Waals surface area contributed by atoms with Crippen molar-refractivity contribution in [3.63, 3.8) is 0 Å². The number of amides is 1. The number of pyridine rings is 1. The van der Waals surface area contributed by atoms with Crippen LogP contribution in [-0.4, -0.2) is 35.2 Å². The van der Waals surface area contributed by atoms with Crippen LogP contribution in [0.3, 0.4) is 0 Å². The Kier molecular flexibility index (Phi) is 13.0. The lowest BCUT2D eigenvalue weighted by Gasteiger charge is -2.25. The second-order valence-electron chi connectivity index (χ2n) is 10.3. The molecule has 0 saturated carbocycles. The first-order valence-corrected chi connectivity index (χ1v) is 14.5. The van der Waals surface area contributed by atoms with Crippen molar-refractivity contribution in [1.29, 1.82) is 0 Å². The Bertz CT molecular complexity index is 1330. The molecule has 3 rings (SSSR count). The molecule has 0 fully saturated rings. The number of unbranched alkanes of at least 4 members (excludes halogenated alkanes) is 1. The van der Waals surface area contributed by atoms with Crippen LogP contribution in [0.1, 0.15) is 68.5 Å². The van der Waals surface area contributed by atoms with Crippen LogP contribution in [-0.2, 0) is 27.4 Å². The molecule has 0 radical (unpaired) electrons. The highest BCUT2D eigenvalue weighted by molar-refractivity contribution is 5.94. The van der Waals surface area contributed by atoms with Gasteiger partial charge < -0.3 is 19.9 Å². The van der Waals surface area contributed by atoms with Crippen molar-refractivity contribution in [3.8, 4) is 5.75 Å². The third-order valence-electron chi connectivity index (χ3n) is 7.30. The van der Waals surface area contributed by atoms with Crippen molar-refractivity contribution >= 4 is 29.7 Å². The molecule has 3 aromatic rings. The summed E-state index contributed by atoms with van der Waals surface area (Å²) in [7, 11) is 0. The maximum absolute atomic E-state index is 12.6. The largest absolute Gasteiger partial charge is 0.490 e. The van der Waals surface area contributed by atoms with Gasteiger partial charge in [0.05, 0.1) is 23.4 Å². The van der Waals surface area contributed by atoms with Gasteiger partial charge in [-0.3, -0.25) is 14.6 Å². The average Bonchev–Trinajstić information content (AvgIpc) is 3.00. The monoisotopic (exact) mass is 570 g/mol. The number of carbonyl (C=O) groups is 2. The van der Waals surface area contributed by atoms with E-state index in [1.165, 1.54) is 5.56 Å². The van der Waals surface area contributed by atoms with E-state index in [9.17, 15) is 14.7 Å². The molecular weight excluding hydrogens is 528 g/mol. The van der Waals surface area contributed by atoms with E-state index in [2.05, 4.69) is 29.0 Å². The van der Waals surface area contributed by atoms with Gasteiger partial charge in [-0.1, -0.05) is 62.9 Å². The van der Waals surface area contributed by atoms with Gasteiger partial charge in [0.2, 0.25) is 5.91 Å². The molecule has 2 N–H and O–H groups in total. The molecule has 0 spiro atoms. The molecule has 0 atom stereocenters. The van der Waals surface area contributed by atoms with Crippen LogP contribution in [0.2, 0.25) is 0 Å². The number of nitrogens with zero attached hydrogens (tertiary/aromatic N) is 1. The molecule has 1 heterocycles. The van der Waals surface area contributed by atoms with E-state index in [0.29, 0.717) is 38.3 Å². The van der Waals surface area contributed by atoms with Crippen molar-refractivity contribution < 1.29 is 24.2 Å². The number of nitrogens with one attached hydrogen (secondary N) is 1. The van der Waals surface area contributed by atoms with E-state index in [0.717, 1.165) is 42.0 Å². The molecule has 42 heavy (non-hydrogen) atoms. The maximum atomic E-state index is 12.6. The van der Waals surface area contributed by atoms with Gasteiger partial charge in [0.1, 0.15) is 12.4 Å². The number of anilines is 1. The fraction of sp³-hybridized carbons (Fsp3) is 0.343. The van der Waals surface area contributed by atoms with Crippen molar-refractivity contribution in [2.45, 2.75) is 59.0 Å². The summed E-state index contributed by atoms with van der Waals surface area (Å²) in [5.41, 5.74) is 3.42. The van der Waals surface area contributed by atoms with E-state index in [1.54, 1.807) is 26.0 Å². The summed E-state index contributed by atoms with van der Waals surface area (Å²) in [5.74, 6) is -0.388. The van der Waals surface area contributed by atoms with Crippen LogP contribution >= 0.6 is 0 Å². The molecule has 0 unspecified atom stereocenters. The van der Waals surface area contributed by atoms with Gasteiger partial charge >= 0.3 is 5.97 Å². The number of ether oxygens (including phenoxy) is 2. The highest BCUT2D eigenvalue weighted by Crippen LogP contribution is 2.31. The third-order valence-corrected chi connectivity index (χ3v) is 7.30. The Morgan fingerprint density at radius 2 is 1.76 bits per heavy atom. The number of aliphatic carboxylic acids is 1. The van der Waals surface area contributed by atoms with E-state index >= 15 is 0 Å². The zero-order valence-electron chi connectivity index (χ0n) is 24.7. The molecule has 1 aromatic heterocycles. The Morgan fingerprint density at radius 3 is 2.48 bits per heavy atom.